The second-order valence-electron chi connectivity index (χ2n) is 5.21. The molecular weight excluding hydrogens is 210 g/mol. The van der Waals surface area contributed by atoms with Crippen LogP contribution in [0.1, 0.15) is 38.8 Å². The fourth-order valence-corrected chi connectivity index (χ4v) is 1.50. The quantitative estimate of drug-likeness (QED) is 0.841. The molecule has 0 saturated carbocycles. The van der Waals surface area contributed by atoms with Crippen molar-refractivity contribution in [1.29, 1.82) is 0 Å². The zero-order valence-electron chi connectivity index (χ0n) is 10.1. The van der Waals surface area contributed by atoms with Crippen molar-refractivity contribution in [2.75, 3.05) is 6.61 Å². The molecular formula is C13H18F2O. The Balaban J connectivity index is 3.30. The third-order valence-electron chi connectivity index (χ3n) is 2.78. The summed E-state index contributed by atoms with van der Waals surface area (Å²) in [4.78, 5) is 0. The van der Waals surface area contributed by atoms with E-state index in [0.717, 1.165) is 0 Å². The molecule has 3 heteroatoms. The lowest BCUT2D eigenvalue weighted by atomic mass is 9.83. The van der Waals surface area contributed by atoms with Crippen LogP contribution in [0.5, 0.6) is 0 Å². The number of aliphatic hydroxyl groups excluding tert-OH is 1. The van der Waals surface area contributed by atoms with Crippen molar-refractivity contribution < 1.29 is 13.9 Å². The van der Waals surface area contributed by atoms with Gasteiger partial charge < -0.3 is 5.11 Å². The first-order chi connectivity index (χ1) is 7.18. The summed E-state index contributed by atoms with van der Waals surface area (Å²) in [7, 11) is 0. The minimum atomic E-state index is -1.51. The van der Waals surface area contributed by atoms with E-state index in [1.165, 1.54) is 32.0 Å². The lowest BCUT2D eigenvalue weighted by molar-refractivity contribution is 0.210. The van der Waals surface area contributed by atoms with Gasteiger partial charge in [-0.15, -0.1) is 0 Å². The molecule has 0 heterocycles. The van der Waals surface area contributed by atoms with Gasteiger partial charge in [0.15, 0.2) is 0 Å². The van der Waals surface area contributed by atoms with Crippen molar-refractivity contribution in [2.45, 2.75) is 38.8 Å². The minimum absolute atomic E-state index is 0.180. The zero-order valence-corrected chi connectivity index (χ0v) is 10.1. The summed E-state index contributed by atoms with van der Waals surface area (Å²) < 4.78 is 27.3. The maximum atomic E-state index is 13.7. The highest BCUT2D eigenvalue weighted by molar-refractivity contribution is 5.33. The molecule has 0 saturated heterocycles. The summed E-state index contributed by atoms with van der Waals surface area (Å²) in [5.41, 5.74) is -1.44. The number of hydrogen-bond donors (Lipinski definition) is 1. The molecule has 1 nitrogen and oxygen atoms in total. The van der Waals surface area contributed by atoms with Crippen LogP contribution >= 0.6 is 0 Å². The predicted octanol–water partition coefficient (Wildman–Crippen LogP) is 3.30. The Labute approximate surface area is 95.1 Å². The third-order valence-corrected chi connectivity index (χ3v) is 2.78. The Bertz CT molecular complexity index is 378. The Morgan fingerprint density at radius 3 is 2.19 bits per heavy atom. The predicted molar refractivity (Wildman–Crippen MR) is 60.6 cm³/mol. The van der Waals surface area contributed by atoms with E-state index in [2.05, 4.69) is 0 Å². The molecule has 1 aromatic rings. The topological polar surface area (TPSA) is 20.2 Å². The van der Waals surface area contributed by atoms with Crippen LogP contribution in [0.4, 0.5) is 8.78 Å². The van der Waals surface area contributed by atoms with Crippen molar-refractivity contribution in [3.05, 3.63) is 35.1 Å². The van der Waals surface area contributed by atoms with Crippen LogP contribution in [-0.2, 0) is 11.1 Å². The van der Waals surface area contributed by atoms with Gasteiger partial charge >= 0.3 is 0 Å². The van der Waals surface area contributed by atoms with Crippen LogP contribution in [0.3, 0.4) is 0 Å². The van der Waals surface area contributed by atoms with Crippen LogP contribution in [0.2, 0.25) is 0 Å². The van der Waals surface area contributed by atoms with E-state index in [1.54, 1.807) is 13.8 Å². The average molecular weight is 228 g/mol. The summed E-state index contributed by atoms with van der Waals surface area (Å²) in [6.45, 7) is 6.12. The highest BCUT2D eigenvalue weighted by Crippen LogP contribution is 2.31. The normalized spacial score (nSPS) is 12.9. The SMILES string of the molecule is CC(C)(F)c1ccc(F)c(C(C)(C)CO)c1. The Hall–Kier alpha value is -0.960. The smallest absolute Gasteiger partial charge is 0.130 e. The average Bonchev–Trinajstić information content (AvgIpc) is 2.16. The highest BCUT2D eigenvalue weighted by Gasteiger charge is 2.27. The third kappa shape index (κ3) is 2.59. The van der Waals surface area contributed by atoms with Crippen molar-refractivity contribution >= 4 is 0 Å². The summed E-state index contributed by atoms with van der Waals surface area (Å²) in [6, 6.07) is 4.18. The number of aliphatic hydroxyl groups is 1. The number of benzene rings is 1. The molecule has 0 fully saturated rings. The van der Waals surface area contributed by atoms with Gasteiger partial charge in [0.1, 0.15) is 11.5 Å². The molecule has 0 bridgehead atoms. The summed E-state index contributed by atoms with van der Waals surface area (Å²) in [5.74, 6) is -0.410. The van der Waals surface area contributed by atoms with Crippen LogP contribution in [0, 0.1) is 5.82 Å². The van der Waals surface area contributed by atoms with Gasteiger partial charge in [0, 0.05) is 5.41 Å². The minimum Gasteiger partial charge on any atom is -0.395 e. The monoisotopic (exact) mass is 228 g/mol. The molecule has 0 aliphatic carbocycles. The van der Waals surface area contributed by atoms with Gasteiger partial charge in [-0.05, 0) is 37.1 Å². The Morgan fingerprint density at radius 2 is 1.75 bits per heavy atom. The highest BCUT2D eigenvalue weighted by atomic mass is 19.1. The molecule has 1 aromatic carbocycles. The van der Waals surface area contributed by atoms with Gasteiger partial charge in [-0.1, -0.05) is 19.9 Å². The van der Waals surface area contributed by atoms with E-state index in [0.29, 0.717) is 11.1 Å². The van der Waals surface area contributed by atoms with Gasteiger partial charge in [-0.25, -0.2) is 8.78 Å². The van der Waals surface area contributed by atoms with Crippen molar-refractivity contribution in [2.24, 2.45) is 0 Å². The van der Waals surface area contributed by atoms with Crippen LogP contribution in [-0.4, -0.2) is 11.7 Å². The Morgan fingerprint density at radius 1 is 1.19 bits per heavy atom. The molecule has 0 unspecified atom stereocenters. The van der Waals surface area contributed by atoms with E-state index in [1.807, 2.05) is 0 Å². The van der Waals surface area contributed by atoms with E-state index in [9.17, 15) is 13.9 Å². The van der Waals surface area contributed by atoms with E-state index >= 15 is 0 Å². The largest absolute Gasteiger partial charge is 0.395 e. The first-order valence-electron chi connectivity index (χ1n) is 5.29. The number of alkyl halides is 1. The molecule has 1 rings (SSSR count). The van der Waals surface area contributed by atoms with Gasteiger partial charge in [0.05, 0.1) is 6.61 Å². The van der Waals surface area contributed by atoms with Crippen LogP contribution in [0.15, 0.2) is 18.2 Å². The fourth-order valence-electron chi connectivity index (χ4n) is 1.50. The lowest BCUT2D eigenvalue weighted by Crippen LogP contribution is -2.24. The van der Waals surface area contributed by atoms with Crippen molar-refractivity contribution in [1.82, 2.24) is 0 Å². The number of hydrogen-bond acceptors (Lipinski definition) is 1. The zero-order chi connectivity index (χ0) is 12.6. The molecule has 0 aromatic heterocycles. The maximum Gasteiger partial charge on any atom is 0.130 e. The number of rotatable bonds is 3. The number of halogens is 2. The molecule has 0 radical (unpaired) electrons. The molecule has 0 atom stereocenters. The second kappa shape index (κ2) is 4.13. The van der Waals surface area contributed by atoms with Gasteiger partial charge in [0.2, 0.25) is 0 Å². The fraction of sp³-hybridized carbons (Fsp3) is 0.538. The van der Waals surface area contributed by atoms with Gasteiger partial charge in [0.25, 0.3) is 0 Å². The molecule has 90 valence electrons. The molecule has 0 spiro atoms. The maximum absolute atomic E-state index is 13.7. The van der Waals surface area contributed by atoms with Gasteiger partial charge in [-0.2, -0.15) is 0 Å². The van der Waals surface area contributed by atoms with Crippen LogP contribution < -0.4 is 0 Å². The molecule has 1 N–H and O–H groups in total. The van der Waals surface area contributed by atoms with E-state index in [-0.39, 0.29) is 6.61 Å². The standard InChI is InChI=1S/C13H18F2O/c1-12(2,8-16)10-7-9(13(3,4)15)5-6-11(10)14/h5-7,16H,8H2,1-4H3. The molecule has 16 heavy (non-hydrogen) atoms. The first kappa shape index (κ1) is 13.1. The molecule has 0 amide bonds. The first-order valence-corrected chi connectivity index (χ1v) is 5.29. The molecule has 0 aliphatic rings. The summed E-state index contributed by atoms with van der Waals surface area (Å²) >= 11 is 0. The van der Waals surface area contributed by atoms with Crippen molar-refractivity contribution in [3.8, 4) is 0 Å². The second-order valence-corrected chi connectivity index (χ2v) is 5.21. The van der Waals surface area contributed by atoms with E-state index < -0.39 is 16.9 Å². The van der Waals surface area contributed by atoms with E-state index in [4.69, 9.17) is 0 Å². The summed E-state index contributed by atoms with van der Waals surface area (Å²) in [5, 5.41) is 9.21. The van der Waals surface area contributed by atoms with Crippen molar-refractivity contribution in [3.63, 3.8) is 0 Å². The molecule has 0 aliphatic heterocycles. The lowest BCUT2D eigenvalue weighted by Gasteiger charge is -2.25. The summed E-state index contributed by atoms with van der Waals surface area (Å²) in [6.07, 6.45) is 0. The van der Waals surface area contributed by atoms with Crippen LogP contribution in [0.25, 0.3) is 0 Å². The Kier molecular flexibility index (Phi) is 3.38. The van der Waals surface area contributed by atoms with Gasteiger partial charge in [-0.3, -0.25) is 0 Å².